The maximum atomic E-state index is 14.0. The van der Waals surface area contributed by atoms with Gasteiger partial charge in [0.15, 0.2) is 16.5 Å². The quantitative estimate of drug-likeness (QED) is 0.0137. The van der Waals surface area contributed by atoms with Gasteiger partial charge >= 0.3 is 16.1 Å². The molecule has 0 fully saturated rings. The molecule has 2 aromatic carbocycles. The number of hydrogen-bond donors (Lipinski definition) is 3. The second kappa shape index (κ2) is 38.1. The molecule has 3 aromatic rings. The van der Waals surface area contributed by atoms with E-state index >= 15 is 0 Å². The number of aromatic nitrogens is 2. The van der Waals surface area contributed by atoms with Gasteiger partial charge in [-0.25, -0.2) is 28.8 Å². The third-order valence-electron chi connectivity index (χ3n) is 10.6. The van der Waals surface area contributed by atoms with Crippen LogP contribution in [0.2, 0.25) is 0 Å². The van der Waals surface area contributed by atoms with Crippen molar-refractivity contribution in [2.45, 2.75) is 51.0 Å². The van der Waals surface area contributed by atoms with Crippen LogP contribution in [0.15, 0.2) is 46.1 Å². The zero-order valence-corrected chi connectivity index (χ0v) is 45.5. The van der Waals surface area contributed by atoms with E-state index in [1.807, 2.05) is 32.0 Å². The average molecular weight is 1160 g/mol. The number of fused-ring (bicyclic) bond motifs is 1. The van der Waals surface area contributed by atoms with E-state index in [-0.39, 0.29) is 70.8 Å². The molecule has 1 aliphatic heterocycles. The maximum absolute atomic E-state index is 14.0. The van der Waals surface area contributed by atoms with Gasteiger partial charge in [-0.2, -0.15) is 17.2 Å². The lowest BCUT2D eigenvalue weighted by atomic mass is 10.0. The second-order valence-electron chi connectivity index (χ2n) is 16.7. The standard InChI is InChI=1S/C51H70F4N6O18S/c1-3-9-61(78-4-2)51(64)38-30-37-6-5-36(31-40(37)60-41(56)32-38)39-33-57-42(58-34-39)35-59-43(62)7-10-68-12-14-70-16-18-72-20-22-74-24-26-76-28-29-77-27-25-75-23-21-73-19-17-71-15-13-69-11-8-44(63)79-49-45(52)47(54)50(80(65,66)67)48(55)46(49)53/h5-6,30-31,33-34H,3-4,7-29,32,35H2,1-2H3,(H2,56,60)(H,59,62)(H,65,66,67). The van der Waals surface area contributed by atoms with Gasteiger partial charge in [-0.1, -0.05) is 19.1 Å². The number of carbonyl (C=O) groups is 3. The van der Waals surface area contributed by atoms with E-state index in [1.54, 1.807) is 18.5 Å². The van der Waals surface area contributed by atoms with Crippen LogP contribution in [0.4, 0.5) is 23.2 Å². The van der Waals surface area contributed by atoms with Gasteiger partial charge in [0.25, 0.3) is 5.91 Å². The minimum absolute atomic E-state index is 0.0157. The van der Waals surface area contributed by atoms with Crippen LogP contribution >= 0.6 is 0 Å². The minimum Gasteiger partial charge on any atom is -0.420 e. The van der Waals surface area contributed by atoms with Crippen molar-refractivity contribution in [3.8, 4) is 16.9 Å². The minimum atomic E-state index is -5.65. The number of nitrogens with two attached hydrogens (primary N) is 1. The molecule has 0 saturated carbocycles. The van der Waals surface area contributed by atoms with Crippen LogP contribution in [0.1, 0.15) is 50.9 Å². The molecule has 446 valence electrons. The topological polar surface area (TPSA) is 296 Å². The van der Waals surface area contributed by atoms with E-state index in [0.29, 0.717) is 129 Å². The van der Waals surface area contributed by atoms with E-state index in [0.717, 1.165) is 23.1 Å². The summed E-state index contributed by atoms with van der Waals surface area (Å²) in [5, 5.41) is 4.17. The smallest absolute Gasteiger partial charge is 0.313 e. The first-order valence-corrected chi connectivity index (χ1v) is 27.1. The summed E-state index contributed by atoms with van der Waals surface area (Å²) in [4.78, 5) is 54.1. The third-order valence-corrected chi connectivity index (χ3v) is 11.5. The molecular formula is C51H70F4N6O18S. The molecule has 0 bridgehead atoms. The van der Waals surface area contributed by atoms with Gasteiger partial charge in [0.05, 0.1) is 157 Å². The van der Waals surface area contributed by atoms with Gasteiger partial charge in [-0.05, 0) is 31.1 Å². The molecule has 24 nitrogen and oxygen atoms in total. The highest BCUT2D eigenvalue weighted by atomic mass is 32.2. The van der Waals surface area contributed by atoms with E-state index in [2.05, 4.69) is 25.0 Å². The first-order chi connectivity index (χ1) is 38.6. The third kappa shape index (κ3) is 25.0. The van der Waals surface area contributed by atoms with Gasteiger partial charge in [0, 0.05) is 48.5 Å². The number of aliphatic imine (C=N–C) groups is 1. The Hall–Kier alpha value is -5.67. The number of ether oxygens (including phenoxy) is 11. The number of esters is 1. The highest BCUT2D eigenvalue weighted by Gasteiger charge is 2.34. The molecule has 2 amide bonds. The molecule has 0 saturated heterocycles. The predicted octanol–water partition coefficient (Wildman–Crippen LogP) is 4.08. The van der Waals surface area contributed by atoms with Crippen molar-refractivity contribution in [3.05, 3.63) is 70.8 Å². The van der Waals surface area contributed by atoms with Crippen LogP contribution < -0.4 is 15.8 Å². The van der Waals surface area contributed by atoms with Crippen LogP contribution in [0, 0.1) is 23.3 Å². The van der Waals surface area contributed by atoms with Crippen LogP contribution in [-0.4, -0.2) is 197 Å². The molecule has 1 aromatic heterocycles. The number of hydrogen-bond acceptors (Lipinski definition) is 21. The fraction of sp³-hybridized carbons (Fsp3) is 0.569. The number of nitrogens with one attached hydrogen (secondary N) is 1. The molecule has 29 heteroatoms. The fourth-order valence-corrected chi connectivity index (χ4v) is 7.42. The van der Waals surface area contributed by atoms with Crippen molar-refractivity contribution in [2.75, 3.05) is 145 Å². The molecule has 0 spiro atoms. The number of halogens is 4. The summed E-state index contributed by atoms with van der Waals surface area (Å²) in [5.74, 6) is -12.4. The Bertz CT molecular complexity index is 2520. The number of carbonyl (C=O) groups excluding carboxylic acids is 3. The molecule has 80 heavy (non-hydrogen) atoms. The number of benzene rings is 2. The molecule has 2 heterocycles. The van der Waals surface area contributed by atoms with Crippen molar-refractivity contribution < 1.29 is 102 Å². The summed E-state index contributed by atoms with van der Waals surface area (Å²) in [5.41, 5.74) is 9.65. The summed E-state index contributed by atoms with van der Waals surface area (Å²) < 4.78 is 145. The second-order valence-corrected chi connectivity index (χ2v) is 18.1. The van der Waals surface area contributed by atoms with Crippen LogP contribution in [0.25, 0.3) is 17.2 Å². The van der Waals surface area contributed by atoms with Gasteiger partial charge in [-0.15, -0.1) is 0 Å². The van der Waals surface area contributed by atoms with E-state index in [4.69, 9.17) is 62.5 Å². The molecule has 4 N–H and O–H groups in total. The lowest BCUT2D eigenvalue weighted by Gasteiger charge is -2.21. The van der Waals surface area contributed by atoms with Crippen molar-refractivity contribution in [1.29, 1.82) is 0 Å². The lowest BCUT2D eigenvalue weighted by Crippen LogP contribution is -2.34. The summed E-state index contributed by atoms with van der Waals surface area (Å²) in [6.07, 6.45) is 5.67. The Morgan fingerprint density at radius 3 is 1.54 bits per heavy atom. The molecule has 0 atom stereocenters. The fourth-order valence-electron chi connectivity index (χ4n) is 6.79. The normalized spacial score (nSPS) is 12.4. The number of nitrogens with zero attached hydrogens (tertiary/aromatic N) is 4. The van der Waals surface area contributed by atoms with Crippen molar-refractivity contribution in [3.63, 3.8) is 0 Å². The summed E-state index contributed by atoms with van der Waals surface area (Å²) >= 11 is 0. The Labute approximate surface area is 461 Å². The zero-order valence-electron chi connectivity index (χ0n) is 44.7. The lowest BCUT2D eigenvalue weighted by molar-refractivity contribution is -0.180. The highest BCUT2D eigenvalue weighted by molar-refractivity contribution is 7.85. The first-order valence-electron chi connectivity index (χ1n) is 25.7. The summed E-state index contributed by atoms with van der Waals surface area (Å²) in [7, 11) is -5.65. The van der Waals surface area contributed by atoms with Gasteiger partial charge in [0.2, 0.25) is 23.3 Å². The maximum Gasteiger partial charge on any atom is 0.313 e. The predicted molar refractivity (Wildman–Crippen MR) is 276 cm³/mol. The molecule has 0 aliphatic carbocycles. The Kier molecular flexibility index (Phi) is 31.8. The number of amidine groups is 1. The Morgan fingerprint density at radius 1 is 0.650 bits per heavy atom. The van der Waals surface area contributed by atoms with Crippen molar-refractivity contribution >= 4 is 45.5 Å². The Morgan fingerprint density at radius 2 is 1.10 bits per heavy atom. The number of amides is 2. The molecule has 0 radical (unpaired) electrons. The largest absolute Gasteiger partial charge is 0.420 e. The zero-order chi connectivity index (χ0) is 58.0. The molecule has 4 rings (SSSR count). The van der Waals surface area contributed by atoms with Gasteiger partial charge in [-0.3, -0.25) is 23.8 Å². The van der Waals surface area contributed by atoms with E-state index in [1.165, 1.54) is 5.06 Å². The molecule has 0 unspecified atom stereocenters. The highest BCUT2D eigenvalue weighted by Crippen LogP contribution is 2.34. The van der Waals surface area contributed by atoms with E-state index < -0.39 is 56.4 Å². The van der Waals surface area contributed by atoms with Gasteiger partial charge < -0.3 is 63.2 Å². The van der Waals surface area contributed by atoms with Crippen LogP contribution in [0.5, 0.6) is 5.75 Å². The SMILES string of the molecule is CCCN(OCC)C(=O)C1=Cc2ccc(-c3cnc(CNC(=O)CCOCCOCCOCCOCCOCCOCCOCCOCCOCCOCCC(=O)Oc4c(F)c(F)c(S(=O)(=O)O)c(F)c4F)nc3)cc2N=C(N)C1. The Balaban J connectivity index is 0.858. The monoisotopic (exact) mass is 1160 g/mol. The molecular weight excluding hydrogens is 1090 g/mol. The van der Waals surface area contributed by atoms with Crippen LogP contribution in [-0.2, 0) is 83.3 Å². The first kappa shape index (κ1) is 66.8. The van der Waals surface area contributed by atoms with Gasteiger partial charge in [0.1, 0.15) is 11.7 Å². The number of hydroxylamine groups is 2. The summed E-state index contributed by atoms with van der Waals surface area (Å²) in [6.45, 7) is 10.5. The van der Waals surface area contributed by atoms with Crippen LogP contribution in [0.3, 0.4) is 0 Å². The average Bonchev–Trinajstić information content (AvgIpc) is 3.72. The van der Waals surface area contributed by atoms with Crippen molar-refractivity contribution in [1.82, 2.24) is 20.3 Å². The summed E-state index contributed by atoms with van der Waals surface area (Å²) in [6, 6.07) is 5.64. The van der Waals surface area contributed by atoms with Crippen molar-refractivity contribution in [2.24, 2.45) is 10.7 Å². The van der Waals surface area contributed by atoms with E-state index in [9.17, 15) is 40.4 Å². The number of rotatable bonds is 43. The molecule has 1 aliphatic rings.